The Balaban J connectivity index is 1.22. The molecular formula is C25H22N6O4. The van der Waals surface area contributed by atoms with E-state index in [0.29, 0.717) is 49.3 Å². The van der Waals surface area contributed by atoms with Crippen LogP contribution in [0.2, 0.25) is 0 Å². The average Bonchev–Trinajstić information content (AvgIpc) is 3.39. The Bertz CT molecular complexity index is 1360. The molecule has 0 aliphatic carbocycles. The van der Waals surface area contributed by atoms with Gasteiger partial charge in [0, 0.05) is 48.9 Å². The number of anilines is 1. The zero-order valence-corrected chi connectivity index (χ0v) is 19.0. The van der Waals surface area contributed by atoms with Crippen molar-refractivity contribution in [1.82, 2.24) is 20.1 Å². The Kier molecular flexibility index (Phi) is 5.92. The second-order valence-corrected chi connectivity index (χ2v) is 8.27. The molecule has 10 heteroatoms. The van der Waals surface area contributed by atoms with Gasteiger partial charge in [0.2, 0.25) is 11.8 Å². The minimum Gasteiger partial charge on any atom is -0.416 e. The lowest BCUT2D eigenvalue weighted by molar-refractivity contribution is -0.385. The van der Waals surface area contributed by atoms with Gasteiger partial charge in [-0.15, -0.1) is 10.2 Å². The number of rotatable bonds is 5. The summed E-state index contributed by atoms with van der Waals surface area (Å²) < 4.78 is 5.84. The molecule has 2 aromatic carbocycles. The van der Waals surface area contributed by atoms with Crippen molar-refractivity contribution in [2.45, 2.75) is 6.92 Å². The Labute approximate surface area is 201 Å². The van der Waals surface area contributed by atoms with Crippen molar-refractivity contribution in [3.05, 3.63) is 88.1 Å². The molecule has 0 unspecified atom stereocenters. The normalized spacial score (nSPS) is 13.6. The molecule has 5 rings (SSSR count). The summed E-state index contributed by atoms with van der Waals surface area (Å²) >= 11 is 0. The monoisotopic (exact) mass is 470 g/mol. The van der Waals surface area contributed by atoms with Crippen LogP contribution in [0.15, 0.2) is 71.3 Å². The topological polar surface area (TPSA) is 118 Å². The summed E-state index contributed by atoms with van der Waals surface area (Å²) in [5.74, 6) is 1.45. The van der Waals surface area contributed by atoms with E-state index in [4.69, 9.17) is 4.42 Å². The van der Waals surface area contributed by atoms with Gasteiger partial charge < -0.3 is 14.2 Å². The molecule has 1 fully saturated rings. The van der Waals surface area contributed by atoms with Crippen LogP contribution in [0.4, 0.5) is 11.5 Å². The Hall–Kier alpha value is -4.60. The van der Waals surface area contributed by atoms with Gasteiger partial charge in [0.1, 0.15) is 12.0 Å². The highest BCUT2D eigenvalue weighted by atomic mass is 16.6. The van der Waals surface area contributed by atoms with Crippen molar-refractivity contribution >= 4 is 17.4 Å². The number of nitro groups is 1. The first-order valence-electron chi connectivity index (χ1n) is 11.1. The number of aryl methyl sites for hydroxylation is 1. The molecule has 0 saturated carbocycles. The molecule has 0 bridgehead atoms. The average molecular weight is 470 g/mol. The molecule has 1 aliphatic heterocycles. The Morgan fingerprint density at radius 1 is 0.943 bits per heavy atom. The molecule has 0 radical (unpaired) electrons. The largest absolute Gasteiger partial charge is 0.416 e. The number of nitrogens with zero attached hydrogens (tertiary/aromatic N) is 6. The van der Waals surface area contributed by atoms with E-state index in [0.717, 1.165) is 16.7 Å². The fraction of sp³-hybridized carbons (Fsp3) is 0.200. The molecule has 4 aromatic rings. The van der Waals surface area contributed by atoms with Gasteiger partial charge in [-0.1, -0.05) is 17.7 Å². The molecule has 0 spiro atoms. The maximum absolute atomic E-state index is 13.0. The maximum Gasteiger partial charge on any atom is 0.287 e. The van der Waals surface area contributed by atoms with Crippen LogP contribution in [0.5, 0.6) is 0 Å². The van der Waals surface area contributed by atoms with E-state index in [2.05, 4.69) is 15.2 Å². The van der Waals surface area contributed by atoms with Gasteiger partial charge in [-0.05, 0) is 49.4 Å². The van der Waals surface area contributed by atoms with E-state index in [1.54, 1.807) is 35.2 Å². The number of piperazine rings is 1. The number of aromatic nitrogens is 3. The molecular weight excluding hydrogens is 448 g/mol. The lowest BCUT2D eigenvalue weighted by atomic mass is 10.1. The fourth-order valence-electron chi connectivity index (χ4n) is 3.98. The first-order valence-corrected chi connectivity index (χ1v) is 11.1. The van der Waals surface area contributed by atoms with Crippen molar-refractivity contribution in [2.24, 2.45) is 0 Å². The SMILES string of the molecule is Cc1cccc(-c2nnc(-c3ccc(C(=O)N4CCN(c5ccc([N+](=O)[O-])cn5)CC4)cc3)o2)c1. The van der Waals surface area contributed by atoms with Gasteiger partial charge in [-0.25, -0.2) is 4.98 Å². The van der Waals surface area contributed by atoms with Crippen molar-refractivity contribution in [3.8, 4) is 22.9 Å². The second kappa shape index (κ2) is 9.34. The van der Waals surface area contributed by atoms with E-state index in [9.17, 15) is 14.9 Å². The standard InChI is InChI=1S/C25H22N6O4/c1-17-3-2-4-20(15-17)24-28-27-23(35-24)18-5-7-19(8-6-18)25(32)30-13-11-29(12-14-30)22-10-9-21(16-26-22)31(33)34/h2-10,15-16H,11-14H2,1H3. The third kappa shape index (κ3) is 4.72. The second-order valence-electron chi connectivity index (χ2n) is 8.27. The van der Waals surface area contributed by atoms with Gasteiger partial charge in [-0.3, -0.25) is 14.9 Å². The van der Waals surface area contributed by atoms with Crippen LogP contribution in [-0.2, 0) is 0 Å². The first kappa shape index (κ1) is 22.2. The predicted octanol–water partition coefficient (Wildman–Crippen LogP) is 3.98. The molecule has 3 heterocycles. The minimum atomic E-state index is -0.472. The summed E-state index contributed by atoms with van der Waals surface area (Å²) in [5.41, 5.74) is 3.24. The smallest absolute Gasteiger partial charge is 0.287 e. The predicted molar refractivity (Wildman–Crippen MR) is 129 cm³/mol. The van der Waals surface area contributed by atoms with Crippen molar-refractivity contribution in [3.63, 3.8) is 0 Å². The number of hydrogen-bond donors (Lipinski definition) is 0. The zero-order chi connectivity index (χ0) is 24.4. The summed E-state index contributed by atoms with van der Waals surface area (Å²) in [7, 11) is 0. The highest BCUT2D eigenvalue weighted by molar-refractivity contribution is 5.94. The highest BCUT2D eigenvalue weighted by Crippen LogP contribution is 2.25. The molecule has 1 saturated heterocycles. The van der Waals surface area contributed by atoms with E-state index < -0.39 is 4.92 Å². The van der Waals surface area contributed by atoms with Crippen LogP contribution in [0, 0.1) is 17.0 Å². The number of amides is 1. The molecule has 2 aromatic heterocycles. The van der Waals surface area contributed by atoms with Crippen LogP contribution in [0.3, 0.4) is 0 Å². The van der Waals surface area contributed by atoms with Gasteiger partial charge in [0.05, 0.1) is 4.92 Å². The number of carbonyl (C=O) groups is 1. The van der Waals surface area contributed by atoms with Crippen LogP contribution >= 0.6 is 0 Å². The third-order valence-corrected chi connectivity index (χ3v) is 5.90. The molecule has 0 N–H and O–H groups in total. The van der Waals surface area contributed by atoms with Crippen molar-refractivity contribution in [1.29, 1.82) is 0 Å². The van der Waals surface area contributed by atoms with Crippen LogP contribution in [0.25, 0.3) is 22.9 Å². The summed E-state index contributed by atoms with van der Waals surface area (Å²) in [5, 5.41) is 19.1. The van der Waals surface area contributed by atoms with Gasteiger partial charge in [0.25, 0.3) is 11.6 Å². The van der Waals surface area contributed by atoms with Gasteiger partial charge in [0.15, 0.2) is 0 Å². The molecule has 10 nitrogen and oxygen atoms in total. The van der Waals surface area contributed by atoms with E-state index in [1.807, 2.05) is 36.1 Å². The van der Waals surface area contributed by atoms with Crippen LogP contribution in [-0.4, -0.2) is 57.1 Å². The summed E-state index contributed by atoms with van der Waals surface area (Å²) in [6, 6.07) is 18.1. The molecule has 1 aliphatic rings. The first-order chi connectivity index (χ1) is 17.0. The van der Waals surface area contributed by atoms with Crippen LogP contribution in [0.1, 0.15) is 15.9 Å². The number of benzene rings is 2. The highest BCUT2D eigenvalue weighted by Gasteiger charge is 2.23. The molecule has 1 amide bonds. The van der Waals surface area contributed by atoms with Crippen LogP contribution < -0.4 is 4.90 Å². The third-order valence-electron chi connectivity index (χ3n) is 5.90. The summed E-state index contributed by atoms with van der Waals surface area (Å²) in [6.07, 6.45) is 1.25. The molecule has 35 heavy (non-hydrogen) atoms. The summed E-state index contributed by atoms with van der Waals surface area (Å²) in [6.45, 7) is 4.26. The minimum absolute atomic E-state index is 0.0436. The van der Waals surface area contributed by atoms with Gasteiger partial charge >= 0.3 is 0 Å². The molecule has 176 valence electrons. The fourth-order valence-corrected chi connectivity index (χ4v) is 3.98. The Morgan fingerprint density at radius 2 is 1.66 bits per heavy atom. The van der Waals surface area contributed by atoms with E-state index in [-0.39, 0.29) is 11.6 Å². The Morgan fingerprint density at radius 3 is 2.29 bits per heavy atom. The van der Waals surface area contributed by atoms with Gasteiger partial charge in [-0.2, -0.15) is 0 Å². The lowest BCUT2D eigenvalue weighted by Crippen LogP contribution is -2.49. The van der Waals surface area contributed by atoms with Crippen molar-refractivity contribution < 1.29 is 14.1 Å². The van der Waals surface area contributed by atoms with E-state index >= 15 is 0 Å². The number of carbonyl (C=O) groups excluding carboxylic acids is 1. The summed E-state index contributed by atoms with van der Waals surface area (Å²) in [4.78, 5) is 31.3. The maximum atomic E-state index is 13.0. The van der Waals surface area contributed by atoms with Crippen molar-refractivity contribution in [2.75, 3.05) is 31.1 Å². The molecule has 0 atom stereocenters. The number of hydrogen-bond acceptors (Lipinski definition) is 8. The van der Waals surface area contributed by atoms with E-state index in [1.165, 1.54) is 12.3 Å². The zero-order valence-electron chi connectivity index (χ0n) is 19.0. The number of pyridine rings is 1. The lowest BCUT2D eigenvalue weighted by Gasteiger charge is -2.35. The quantitative estimate of drug-likeness (QED) is 0.317.